The molecule has 1 aliphatic heterocycles. The molecule has 1 saturated heterocycles. The fraction of sp³-hybridized carbons (Fsp3) is 0.765. The molecule has 1 aromatic rings. The summed E-state index contributed by atoms with van der Waals surface area (Å²) in [6.45, 7) is 6.38. The number of rotatable bonds is 8. The zero-order chi connectivity index (χ0) is 17.2. The Bertz CT molecular complexity index is 499. The van der Waals surface area contributed by atoms with Gasteiger partial charge in [0, 0.05) is 45.8 Å². The third-order valence-corrected chi connectivity index (χ3v) is 5.17. The van der Waals surface area contributed by atoms with Crippen molar-refractivity contribution in [2.45, 2.75) is 45.3 Å². The SMILES string of the molecule is CCc1nc(CNC(=NC)N2CCC(OCCCOC)CC2)cs1. The maximum Gasteiger partial charge on any atom is 0.193 e. The molecule has 2 heterocycles. The second-order valence-electron chi connectivity index (χ2n) is 5.89. The van der Waals surface area contributed by atoms with Gasteiger partial charge in [-0.2, -0.15) is 0 Å². The summed E-state index contributed by atoms with van der Waals surface area (Å²) in [5.74, 6) is 0.957. The number of aliphatic imine (C=N–C) groups is 1. The topological polar surface area (TPSA) is 59.0 Å². The smallest absolute Gasteiger partial charge is 0.193 e. The standard InChI is InChI=1S/C17H30N4O2S/c1-4-16-20-14(13-24-16)12-19-17(18-2)21-8-6-15(7-9-21)23-11-5-10-22-3/h13,15H,4-12H2,1-3H3,(H,18,19). The predicted molar refractivity (Wildman–Crippen MR) is 98.7 cm³/mol. The molecule has 6 nitrogen and oxygen atoms in total. The minimum absolute atomic E-state index is 0.363. The van der Waals surface area contributed by atoms with Crippen LogP contribution in [0.3, 0.4) is 0 Å². The first kappa shape index (κ1) is 19.1. The van der Waals surface area contributed by atoms with Gasteiger partial charge in [0.05, 0.1) is 23.4 Å². The van der Waals surface area contributed by atoms with Crippen molar-refractivity contribution in [2.75, 3.05) is 40.5 Å². The molecule has 0 spiro atoms. The summed E-state index contributed by atoms with van der Waals surface area (Å²) >= 11 is 1.73. The third-order valence-electron chi connectivity index (χ3n) is 4.13. The molecule has 0 aliphatic carbocycles. The van der Waals surface area contributed by atoms with Crippen LogP contribution in [0.15, 0.2) is 10.4 Å². The van der Waals surface area contributed by atoms with Crippen LogP contribution < -0.4 is 5.32 Å². The highest BCUT2D eigenvalue weighted by atomic mass is 32.1. The largest absolute Gasteiger partial charge is 0.385 e. The number of piperidine rings is 1. The summed E-state index contributed by atoms with van der Waals surface area (Å²) in [5, 5.41) is 6.74. The maximum absolute atomic E-state index is 5.92. The first-order valence-corrected chi connectivity index (χ1v) is 9.64. The summed E-state index contributed by atoms with van der Waals surface area (Å²) in [6.07, 6.45) is 4.42. The Morgan fingerprint density at radius 2 is 2.21 bits per heavy atom. The van der Waals surface area contributed by atoms with Crippen LogP contribution in [-0.4, -0.2) is 62.4 Å². The minimum atomic E-state index is 0.363. The molecule has 1 fully saturated rings. The average Bonchev–Trinajstić information content (AvgIpc) is 3.08. The number of hydrogen-bond acceptors (Lipinski definition) is 5. The Kier molecular flexibility index (Phi) is 8.49. The second kappa shape index (κ2) is 10.6. The number of aromatic nitrogens is 1. The third kappa shape index (κ3) is 6.03. The van der Waals surface area contributed by atoms with E-state index in [1.807, 2.05) is 7.05 Å². The van der Waals surface area contributed by atoms with Crippen LogP contribution in [0, 0.1) is 0 Å². The van der Waals surface area contributed by atoms with Crippen molar-refractivity contribution in [1.82, 2.24) is 15.2 Å². The number of guanidine groups is 1. The quantitative estimate of drug-likeness (QED) is 0.441. The van der Waals surface area contributed by atoms with Gasteiger partial charge in [0.1, 0.15) is 0 Å². The first-order chi connectivity index (χ1) is 11.8. The van der Waals surface area contributed by atoms with Gasteiger partial charge in [0.25, 0.3) is 0 Å². The van der Waals surface area contributed by atoms with Crippen LogP contribution in [0.1, 0.15) is 36.9 Å². The van der Waals surface area contributed by atoms with Crippen LogP contribution in [0.2, 0.25) is 0 Å². The Hall–Kier alpha value is -1.18. The van der Waals surface area contributed by atoms with E-state index in [4.69, 9.17) is 9.47 Å². The molecule has 1 aliphatic rings. The number of nitrogens with one attached hydrogen (secondary N) is 1. The van der Waals surface area contributed by atoms with E-state index < -0.39 is 0 Å². The molecule has 0 amide bonds. The van der Waals surface area contributed by atoms with E-state index in [2.05, 4.69) is 32.5 Å². The molecule has 7 heteroatoms. The lowest BCUT2D eigenvalue weighted by molar-refractivity contribution is 0.00989. The molecule has 1 N–H and O–H groups in total. The minimum Gasteiger partial charge on any atom is -0.385 e. The number of nitrogens with zero attached hydrogens (tertiary/aromatic N) is 3. The van der Waals surface area contributed by atoms with Gasteiger partial charge in [0.2, 0.25) is 0 Å². The summed E-state index contributed by atoms with van der Waals surface area (Å²) in [5.41, 5.74) is 1.09. The molecule has 2 rings (SSSR count). The van der Waals surface area contributed by atoms with Gasteiger partial charge in [-0.15, -0.1) is 11.3 Å². The van der Waals surface area contributed by atoms with E-state index in [9.17, 15) is 0 Å². The zero-order valence-electron chi connectivity index (χ0n) is 15.1. The summed E-state index contributed by atoms with van der Waals surface area (Å²) in [6, 6.07) is 0. The van der Waals surface area contributed by atoms with Crippen LogP contribution in [-0.2, 0) is 22.4 Å². The van der Waals surface area contributed by atoms with Crippen molar-refractivity contribution in [3.05, 3.63) is 16.1 Å². The van der Waals surface area contributed by atoms with Crippen molar-refractivity contribution >= 4 is 17.3 Å². The van der Waals surface area contributed by atoms with Gasteiger partial charge in [-0.3, -0.25) is 4.99 Å². The normalized spacial score (nSPS) is 16.6. The van der Waals surface area contributed by atoms with Crippen molar-refractivity contribution in [3.63, 3.8) is 0 Å². The number of methoxy groups -OCH3 is 1. The molecule has 136 valence electrons. The Labute approximate surface area is 149 Å². The molecule has 0 aromatic carbocycles. The molecule has 1 aromatic heterocycles. The van der Waals surface area contributed by atoms with E-state index in [0.717, 1.165) is 70.2 Å². The van der Waals surface area contributed by atoms with E-state index in [1.165, 1.54) is 5.01 Å². The van der Waals surface area contributed by atoms with E-state index in [-0.39, 0.29) is 0 Å². The molecule has 24 heavy (non-hydrogen) atoms. The van der Waals surface area contributed by atoms with Crippen molar-refractivity contribution in [2.24, 2.45) is 4.99 Å². The summed E-state index contributed by atoms with van der Waals surface area (Å²) < 4.78 is 11.0. The number of hydrogen-bond donors (Lipinski definition) is 1. The Balaban J connectivity index is 1.70. The number of ether oxygens (including phenoxy) is 2. The first-order valence-electron chi connectivity index (χ1n) is 8.76. The molecular formula is C17H30N4O2S. The fourth-order valence-corrected chi connectivity index (χ4v) is 3.53. The van der Waals surface area contributed by atoms with Gasteiger partial charge in [-0.05, 0) is 25.7 Å². The summed E-state index contributed by atoms with van der Waals surface area (Å²) in [7, 11) is 3.57. The highest BCUT2D eigenvalue weighted by Crippen LogP contribution is 2.15. The second-order valence-corrected chi connectivity index (χ2v) is 6.83. The lowest BCUT2D eigenvalue weighted by Crippen LogP contribution is -2.46. The van der Waals surface area contributed by atoms with Crippen LogP contribution in [0.5, 0.6) is 0 Å². The van der Waals surface area contributed by atoms with Gasteiger partial charge in [-0.1, -0.05) is 6.92 Å². The lowest BCUT2D eigenvalue weighted by atomic mass is 10.1. The lowest BCUT2D eigenvalue weighted by Gasteiger charge is -2.34. The monoisotopic (exact) mass is 354 g/mol. The van der Waals surface area contributed by atoms with Crippen LogP contribution in [0.25, 0.3) is 0 Å². The highest BCUT2D eigenvalue weighted by molar-refractivity contribution is 7.09. The van der Waals surface area contributed by atoms with Crippen molar-refractivity contribution in [1.29, 1.82) is 0 Å². The van der Waals surface area contributed by atoms with Crippen molar-refractivity contribution < 1.29 is 9.47 Å². The van der Waals surface area contributed by atoms with E-state index in [0.29, 0.717) is 6.10 Å². The number of likely N-dealkylation sites (tertiary alicyclic amines) is 1. The van der Waals surface area contributed by atoms with E-state index >= 15 is 0 Å². The number of thiazole rings is 1. The maximum atomic E-state index is 5.92. The average molecular weight is 355 g/mol. The Morgan fingerprint density at radius 1 is 1.42 bits per heavy atom. The molecular weight excluding hydrogens is 324 g/mol. The molecule has 0 atom stereocenters. The molecule has 0 saturated carbocycles. The number of aryl methyl sites for hydroxylation is 1. The molecule has 0 radical (unpaired) electrons. The highest BCUT2D eigenvalue weighted by Gasteiger charge is 2.21. The Morgan fingerprint density at radius 3 is 2.83 bits per heavy atom. The zero-order valence-corrected chi connectivity index (χ0v) is 15.9. The summed E-state index contributed by atoms with van der Waals surface area (Å²) in [4.78, 5) is 11.3. The van der Waals surface area contributed by atoms with Gasteiger partial charge >= 0.3 is 0 Å². The van der Waals surface area contributed by atoms with Crippen LogP contribution >= 0.6 is 11.3 Å². The van der Waals surface area contributed by atoms with Crippen LogP contribution in [0.4, 0.5) is 0 Å². The van der Waals surface area contributed by atoms with Gasteiger partial charge in [-0.25, -0.2) is 4.98 Å². The molecule has 0 unspecified atom stereocenters. The van der Waals surface area contributed by atoms with Crippen molar-refractivity contribution in [3.8, 4) is 0 Å². The van der Waals surface area contributed by atoms with Gasteiger partial charge in [0.15, 0.2) is 5.96 Å². The predicted octanol–water partition coefficient (Wildman–Crippen LogP) is 2.30. The fourth-order valence-electron chi connectivity index (χ4n) is 2.78. The van der Waals surface area contributed by atoms with Gasteiger partial charge < -0.3 is 19.7 Å². The molecule has 0 bridgehead atoms. The van der Waals surface area contributed by atoms with E-state index in [1.54, 1.807) is 18.4 Å².